The number of ether oxygens (including phenoxy) is 2. The number of carbonyl (C=O) groups is 1. The molecule has 1 atom stereocenters. The van der Waals surface area contributed by atoms with Crippen LogP contribution in [0.5, 0.6) is 11.5 Å². The summed E-state index contributed by atoms with van der Waals surface area (Å²) in [6, 6.07) is 9.95. The number of benzene rings is 1. The standard InChI is InChI=1S/C22H28N2O3S/c1-26-18-7-3-6-17(20(18)27-2)14-23-11-5-9-22(15-23)10-12-24(16-22)21(25)19-8-4-13-28-19/h3-4,6-8,13H,5,9-12,14-16H2,1-2H3/t22-/m0/s1. The van der Waals surface area contributed by atoms with Crippen LogP contribution in [0.3, 0.4) is 0 Å². The van der Waals surface area contributed by atoms with E-state index in [1.807, 2.05) is 29.6 Å². The van der Waals surface area contributed by atoms with Crippen LogP contribution in [-0.2, 0) is 6.54 Å². The van der Waals surface area contributed by atoms with Gasteiger partial charge in [0.05, 0.1) is 19.1 Å². The van der Waals surface area contributed by atoms with Crippen LogP contribution in [-0.4, -0.2) is 56.1 Å². The molecule has 0 aliphatic carbocycles. The highest BCUT2D eigenvalue weighted by atomic mass is 32.1. The van der Waals surface area contributed by atoms with Crippen LogP contribution in [0, 0.1) is 5.41 Å². The first kappa shape index (κ1) is 19.3. The van der Waals surface area contributed by atoms with Crippen LogP contribution in [0.1, 0.15) is 34.5 Å². The van der Waals surface area contributed by atoms with E-state index in [-0.39, 0.29) is 11.3 Å². The van der Waals surface area contributed by atoms with E-state index < -0.39 is 0 Å². The number of amides is 1. The summed E-state index contributed by atoms with van der Waals surface area (Å²) in [4.78, 5) is 18.2. The normalized spacial score (nSPS) is 22.6. The van der Waals surface area contributed by atoms with Gasteiger partial charge in [0.1, 0.15) is 0 Å². The van der Waals surface area contributed by atoms with Crippen molar-refractivity contribution in [3.05, 3.63) is 46.2 Å². The molecule has 4 rings (SSSR count). The Morgan fingerprint density at radius 2 is 2.00 bits per heavy atom. The Hall–Kier alpha value is -2.05. The van der Waals surface area contributed by atoms with Gasteiger partial charge >= 0.3 is 0 Å². The lowest BCUT2D eigenvalue weighted by Crippen LogP contribution is -2.45. The molecule has 2 saturated heterocycles. The number of hydrogen-bond donors (Lipinski definition) is 0. The zero-order valence-corrected chi connectivity index (χ0v) is 17.5. The second kappa shape index (κ2) is 8.13. The third kappa shape index (κ3) is 3.76. The third-order valence-electron chi connectivity index (χ3n) is 6.08. The molecule has 0 bridgehead atoms. The number of methoxy groups -OCH3 is 2. The fourth-order valence-electron chi connectivity index (χ4n) is 4.76. The minimum Gasteiger partial charge on any atom is -0.493 e. The highest BCUT2D eigenvalue weighted by Crippen LogP contribution is 2.41. The van der Waals surface area contributed by atoms with E-state index in [1.165, 1.54) is 24.2 Å². The minimum atomic E-state index is 0.193. The van der Waals surface area contributed by atoms with Gasteiger partial charge in [0.25, 0.3) is 5.91 Å². The molecular weight excluding hydrogens is 372 g/mol. The Balaban J connectivity index is 1.45. The van der Waals surface area contributed by atoms with E-state index in [0.29, 0.717) is 0 Å². The molecule has 1 aromatic carbocycles. The molecular formula is C22H28N2O3S. The maximum Gasteiger partial charge on any atom is 0.263 e. The SMILES string of the molecule is COc1cccc(CN2CCC[C@]3(CCN(C(=O)c4cccs4)C3)C2)c1OC. The highest BCUT2D eigenvalue weighted by Gasteiger charge is 2.43. The van der Waals surface area contributed by atoms with Crippen LogP contribution < -0.4 is 9.47 Å². The van der Waals surface area contributed by atoms with Gasteiger partial charge in [0, 0.05) is 37.2 Å². The first-order valence-corrected chi connectivity index (χ1v) is 10.8. The maximum atomic E-state index is 12.8. The number of thiophene rings is 1. The molecule has 150 valence electrons. The monoisotopic (exact) mass is 400 g/mol. The third-order valence-corrected chi connectivity index (χ3v) is 6.93. The molecule has 2 aliphatic heterocycles. The van der Waals surface area contributed by atoms with Crippen LogP contribution in [0.15, 0.2) is 35.7 Å². The average molecular weight is 401 g/mol. The van der Waals surface area contributed by atoms with Gasteiger partial charge in [-0.2, -0.15) is 0 Å². The predicted octanol–water partition coefficient (Wildman–Crippen LogP) is 3.89. The minimum absolute atomic E-state index is 0.193. The molecule has 2 aromatic rings. The summed E-state index contributed by atoms with van der Waals surface area (Å²) < 4.78 is 11.1. The molecule has 6 heteroatoms. The Morgan fingerprint density at radius 1 is 1.11 bits per heavy atom. The molecule has 2 fully saturated rings. The van der Waals surface area contributed by atoms with Gasteiger partial charge in [-0.15, -0.1) is 11.3 Å². The van der Waals surface area contributed by atoms with Gasteiger partial charge in [-0.1, -0.05) is 18.2 Å². The van der Waals surface area contributed by atoms with Gasteiger partial charge in [0.2, 0.25) is 0 Å². The van der Waals surface area contributed by atoms with Gasteiger partial charge in [-0.05, 0) is 43.3 Å². The number of likely N-dealkylation sites (tertiary alicyclic amines) is 2. The summed E-state index contributed by atoms with van der Waals surface area (Å²) in [5, 5.41) is 1.98. The Kier molecular flexibility index (Phi) is 5.60. The van der Waals surface area contributed by atoms with Crippen molar-refractivity contribution in [3.8, 4) is 11.5 Å². The number of hydrogen-bond acceptors (Lipinski definition) is 5. The van der Waals surface area contributed by atoms with Crippen molar-refractivity contribution in [2.75, 3.05) is 40.4 Å². The van der Waals surface area contributed by atoms with E-state index in [1.54, 1.807) is 14.2 Å². The zero-order valence-electron chi connectivity index (χ0n) is 16.6. The van der Waals surface area contributed by atoms with Crippen LogP contribution in [0.25, 0.3) is 0 Å². The highest BCUT2D eigenvalue weighted by molar-refractivity contribution is 7.12. The molecule has 0 saturated carbocycles. The van der Waals surface area contributed by atoms with E-state index in [9.17, 15) is 4.79 Å². The summed E-state index contributed by atoms with van der Waals surface area (Å²) in [6.07, 6.45) is 3.47. The van der Waals surface area contributed by atoms with E-state index in [4.69, 9.17) is 9.47 Å². The second-order valence-electron chi connectivity index (χ2n) is 7.92. The molecule has 0 radical (unpaired) electrons. The average Bonchev–Trinajstić information content (AvgIpc) is 3.38. The van der Waals surface area contributed by atoms with Gasteiger partial charge in [-0.3, -0.25) is 9.69 Å². The predicted molar refractivity (Wildman–Crippen MR) is 111 cm³/mol. The molecule has 5 nitrogen and oxygen atoms in total. The van der Waals surface area contributed by atoms with Gasteiger partial charge in [0.15, 0.2) is 11.5 Å². The zero-order chi connectivity index (χ0) is 19.6. The number of rotatable bonds is 5. The van der Waals surface area contributed by atoms with E-state index in [0.717, 1.165) is 61.1 Å². The number of carbonyl (C=O) groups excluding carboxylic acids is 1. The number of para-hydroxylation sites is 1. The summed E-state index contributed by atoms with van der Waals surface area (Å²) in [5.74, 6) is 1.80. The molecule has 2 aliphatic rings. The quantitative estimate of drug-likeness (QED) is 0.764. The van der Waals surface area contributed by atoms with E-state index in [2.05, 4.69) is 15.9 Å². The van der Waals surface area contributed by atoms with Crippen molar-refractivity contribution < 1.29 is 14.3 Å². The summed E-state index contributed by atoms with van der Waals surface area (Å²) in [5.41, 5.74) is 1.38. The Labute approximate surface area is 170 Å². The lowest BCUT2D eigenvalue weighted by Gasteiger charge is -2.40. The largest absolute Gasteiger partial charge is 0.493 e. The van der Waals surface area contributed by atoms with Crippen LogP contribution >= 0.6 is 11.3 Å². The lowest BCUT2D eigenvalue weighted by molar-refractivity contribution is 0.0677. The number of nitrogens with zero attached hydrogens (tertiary/aromatic N) is 2. The van der Waals surface area contributed by atoms with Gasteiger partial charge < -0.3 is 14.4 Å². The fraction of sp³-hybridized carbons (Fsp3) is 0.500. The molecule has 3 heterocycles. The van der Waals surface area contributed by atoms with E-state index >= 15 is 0 Å². The first-order chi connectivity index (χ1) is 13.6. The molecule has 1 spiro atoms. The smallest absolute Gasteiger partial charge is 0.263 e. The fourth-order valence-corrected chi connectivity index (χ4v) is 5.45. The molecule has 1 amide bonds. The van der Waals surface area contributed by atoms with Crippen molar-refractivity contribution in [3.63, 3.8) is 0 Å². The number of piperidine rings is 1. The summed E-state index contributed by atoms with van der Waals surface area (Å²) in [7, 11) is 3.37. The Morgan fingerprint density at radius 3 is 2.75 bits per heavy atom. The summed E-state index contributed by atoms with van der Waals surface area (Å²) in [6.45, 7) is 4.70. The molecule has 1 aromatic heterocycles. The van der Waals surface area contributed by atoms with Crippen LogP contribution in [0.2, 0.25) is 0 Å². The maximum absolute atomic E-state index is 12.8. The van der Waals surface area contributed by atoms with Crippen LogP contribution in [0.4, 0.5) is 0 Å². The molecule has 28 heavy (non-hydrogen) atoms. The summed E-state index contributed by atoms with van der Waals surface area (Å²) >= 11 is 1.54. The second-order valence-corrected chi connectivity index (χ2v) is 8.87. The van der Waals surface area contributed by atoms with Crippen molar-refractivity contribution in [2.45, 2.75) is 25.8 Å². The van der Waals surface area contributed by atoms with Crippen molar-refractivity contribution in [1.29, 1.82) is 0 Å². The lowest BCUT2D eigenvalue weighted by atomic mass is 9.79. The Bertz CT molecular complexity index is 823. The first-order valence-electron chi connectivity index (χ1n) is 9.89. The van der Waals surface area contributed by atoms with Crippen molar-refractivity contribution in [2.24, 2.45) is 5.41 Å². The topological polar surface area (TPSA) is 42.0 Å². The molecule has 0 unspecified atom stereocenters. The molecule has 0 N–H and O–H groups in total. The van der Waals surface area contributed by atoms with Crippen molar-refractivity contribution >= 4 is 17.2 Å². The van der Waals surface area contributed by atoms with Crippen molar-refractivity contribution in [1.82, 2.24) is 9.80 Å². The van der Waals surface area contributed by atoms with Gasteiger partial charge in [-0.25, -0.2) is 0 Å².